The summed E-state index contributed by atoms with van der Waals surface area (Å²) >= 11 is 0. The van der Waals surface area contributed by atoms with Crippen LogP contribution in [-0.4, -0.2) is 25.2 Å². The van der Waals surface area contributed by atoms with Gasteiger partial charge in [-0.1, -0.05) is 45.6 Å². The molecule has 2 fully saturated rings. The Morgan fingerprint density at radius 1 is 0.750 bits per heavy atom. The van der Waals surface area contributed by atoms with Crippen LogP contribution >= 0.6 is 0 Å². The summed E-state index contributed by atoms with van der Waals surface area (Å²) in [7, 11) is 0. The molecule has 3 rings (SSSR count). The third-order valence-electron chi connectivity index (χ3n) is 6.51. The van der Waals surface area contributed by atoms with E-state index < -0.39 is 0 Å². The Balaban J connectivity index is 1.47. The lowest BCUT2D eigenvalue weighted by atomic mass is 9.83. The molecule has 1 aromatic rings. The van der Waals surface area contributed by atoms with E-state index in [0.717, 1.165) is 37.5 Å². The lowest BCUT2D eigenvalue weighted by Gasteiger charge is -2.25. The van der Waals surface area contributed by atoms with E-state index in [1.165, 1.54) is 25.7 Å². The van der Waals surface area contributed by atoms with E-state index >= 15 is 0 Å². The summed E-state index contributed by atoms with van der Waals surface area (Å²) in [6, 6.07) is 6.71. The van der Waals surface area contributed by atoms with Gasteiger partial charge < -0.3 is 9.47 Å². The predicted molar refractivity (Wildman–Crippen MR) is 109 cm³/mol. The molecule has 0 bridgehead atoms. The van der Waals surface area contributed by atoms with Crippen molar-refractivity contribution in [2.24, 2.45) is 23.7 Å². The van der Waals surface area contributed by atoms with E-state index in [1.54, 1.807) is 24.3 Å². The van der Waals surface area contributed by atoms with Crippen molar-refractivity contribution in [1.29, 1.82) is 0 Å². The van der Waals surface area contributed by atoms with E-state index in [2.05, 4.69) is 13.8 Å². The van der Waals surface area contributed by atoms with Crippen molar-refractivity contribution in [3.8, 4) is 0 Å². The van der Waals surface area contributed by atoms with Crippen LogP contribution in [0.25, 0.3) is 0 Å². The largest absolute Gasteiger partial charge is 0.462 e. The minimum Gasteiger partial charge on any atom is -0.462 e. The zero-order chi connectivity index (χ0) is 19.9. The monoisotopic (exact) mass is 386 g/mol. The van der Waals surface area contributed by atoms with Crippen molar-refractivity contribution in [2.75, 3.05) is 13.2 Å². The molecule has 0 unspecified atom stereocenters. The molecule has 4 heteroatoms. The number of esters is 2. The molecule has 2 aliphatic rings. The second kappa shape index (κ2) is 10.1. The first-order valence-corrected chi connectivity index (χ1v) is 11.0. The molecule has 4 nitrogen and oxygen atoms in total. The van der Waals surface area contributed by atoms with Crippen LogP contribution in [0.4, 0.5) is 0 Å². The minimum absolute atomic E-state index is 0.352. The number of carbonyl (C=O) groups excluding carboxylic acids is 2. The Hall–Kier alpha value is -1.84. The average molecular weight is 387 g/mol. The molecule has 0 N–H and O–H groups in total. The fourth-order valence-electron chi connectivity index (χ4n) is 4.32. The minimum atomic E-state index is -0.352. The zero-order valence-corrected chi connectivity index (χ0v) is 17.3. The van der Waals surface area contributed by atoms with Gasteiger partial charge in [-0.25, -0.2) is 9.59 Å². The van der Waals surface area contributed by atoms with Gasteiger partial charge in [0.15, 0.2) is 0 Å². The maximum atomic E-state index is 12.4. The van der Waals surface area contributed by atoms with E-state index in [1.807, 2.05) is 0 Å². The average Bonchev–Trinajstić information content (AvgIpc) is 2.72. The normalized spacial score (nSPS) is 27.8. The summed E-state index contributed by atoms with van der Waals surface area (Å²) < 4.78 is 11.0. The summed E-state index contributed by atoms with van der Waals surface area (Å²) in [6.45, 7) is 5.50. The van der Waals surface area contributed by atoms with Crippen LogP contribution in [0.15, 0.2) is 24.3 Å². The summed E-state index contributed by atoms with van der Waals surface area (Å²) in [5.41, 5.74) is 0.843. The summed E-state index contributed by atoms with van der Waals surface area (Å²) in [5.74, 6) is 1.79. The Morgan fingerprint density at radius 2 is 1.14 bits per heavy atom. The van der Waals surface area contributed by atoms with Gasteiger partial charge in [-0.3, -0.25) is 0 Å². The quantitative estimate of drug-likeness (QED) is 0.593. The number of benzene rings is 1. The highest BCUT2D eigenvalue weighted by molar-refractivity contribution is 5.95. The zero-order valence-electron chi connectivity index (χ0n) is 17.3. The van der Waals surface area contributed by atoms with Crippen molar-refractivity contribution < 1.29 is 19.1 Å². The van der Waals surface area contributed by atoms with Crippen LogP contribution in [0, 0.1) is 23.7 Å². The first kappa shape index (κ1) is 20.9. The van der Waals surface area contributed by atoms with Crippen molar-refractivity contribution in [2.45, 2.75) is 65.2 Å². The first-order chi connectivity index (χ1) is 13.5. The maximum Gasteiger partial charge on any atom is 0.338 e. The fraction of sp³-hybridized carbons (Fsp3) is 0.667. The number of ether oxygens (including phenoxy) is 2. The van der Waals surface area contributed by atoms with Gasteiger partial charge in [-0.2, -0.15) is 0 Å². The maximum absolute atomic E-state index is 12.4. The Bertz CT molecular complexity index is 599. The van der Waals surface area contributed by atoms with Crippen LogP contribution in [0.5, 0.6) is 0 Å². The third kappa shape index (κ3) is 6.08. The van der Waals surface area contributed by atoms with Crippen LogP contribution in [0.3, 0.4) is 0 Å². The van der Waals surface area contributed by atoms with E-state index in [-0.39, 0.29) is 11.9 Å². The Morgan fingerprint density at radius 3 is 1.54 bits per heavy atom. The fourth-order valence-corrected chi connectivity index (χ4v) is 4.32. The molecule has 0 aliphatic heterocycles. The van der Waals surface area contributed by atoms with E-state index in [0.29, 0.717) is 36.2 Å². The molecular formula is C24H34O4. The second-order valence-electron chi connectivity index (χ2n) is 9.03. The molecule has 0 atom stereocenters. The molecule has 0 saturated heterocycles. The van der Waals surface area contributed by atoms with Crippen molar-refractivity contribution in [3.05, 3.63) is 35.4 Å². The molecule has 0 heterocycles. The molecule has 28 heavy (non-hydrogen) atoms. The van der Waals surface area contributed by atoms with Crippen LogP contribution in [-0.2, 0) is 9.47 Å². The molecular weight excluding hydrogens is 352 g/mol. The van der Waals surface area contributed by atoms with E-state index in [4.69, 9.17) is 9.47 Å². The van der Waals surface area contributed by atoms with Crippen molar-refractivity contribution in [3.63, 3.8) is 0 Å². The molecule has 0 spiro atoms. The number of carbonyl (C=O) groups is 2. The van der Waals surface area contributed by atoms with Gasteiger partial charge in [0.25, 0.3) is 0 Å². The highest BCUT2D eigenvalue weighted by atomic mass is 16.5. The standard InChI is InChI=1S/C24H34O4/c1-17-6-10-19(11-7-17)15-27-23(25)21-4-3-5-22(14-21)24(26)28-16-20-12-8-18(2)9-13-20/h3-5,14,17-20H,6-13,15-16H2,1-2H3. The number of rotatable bonds is 6. The smallest absolute Gasteiger partial charge is 0.338 e. The van der Waals surface area contributed by atoms with Crippen LogP contribution in [0.2, 0.25) is 0 Å². The van der Waals surface area contributed by atoms with Gasteiger partial charge >= 0.3 is 11.9 Å². The molecule has 0 amide bonds. The van der Waals surface area contributed by atoms with Crippen LogP contribution in [0.1, 0.15) is 85.9 Å². The van der Waals surface area contributed by atoms with Gasteiger partial charge in [-0.15, -0.1) is 0 Å². The SMILES string of the molecule is CC1CCC(COC(=O)c2cccc(C(=O)OCC3CCC(C)CC3)c2)CC1. The highest BCUT2D eigenvalue weighted by Gasteiger charge is 2.22. The lowest BCUT2D eigenvalue weighted by molar-refractivity contribution is 0.0396. The second-order valence-corrected chi connectivity index (χ2v) is 9.03. The Labute approximate surface area is 169 Å². The molecule has 0 radical (unpaired) electrons. The molecule has 1 aromatic carbocycles. The molecule has 154 valence electrons. The molecule has 0 aromatic heterocycles. The van der Waals surface area contributed by atoms with Crippen molar-refractivity contribution >= 4 is 11.9 Å². The van der Waals surface area contributed by atoms with Gasteiger partial charge in [0, 0.05) is 0 Å². The first-order valence-electron chi connectivity index (χ1n) is 11.0. The number of hydrogen-bond acceptors (Lipinski definition) is 4. The van der Waals surface area contributed by atoms with Gasteiger partial charge in [0.05, 0.1) is 24.3 Å². The highest BCUT2D eigenvalue weighted by Crippen LogP contribution is 2.29. The predicted octanol–water partition coefficient (Wildman–Crippen LogP) is 5.65. The Kier molecular flexibility index (Phi) is 7.52. The molecule has 2 saturated carbocycles. The molecule has 2 aliphatic carbocycles. The lowest BCUT2D eigenvalue weighted by Crippen LogP contribution is -2.20. The summed E-state index contributed by atoms with van der Waals surface area (Å²) in [6.07, 6.45) is 9.35. The third-order valence-corrected chi connectivity index (χ3v) is 6.51. The number of hydrogen-bond donors (Lipinski definition) is 0. The van der Waals surface area contributed by atoms with Crippen molar-refractivity contribution in [1.82, 2.24) is 0 Å². The van der Waals surface area contributed by atoms with Gasteiger partial charge in [-0.05, 0) is 67.6 Å². The summed E-state index contributed by atoms with van der Waals surface area (Å²) in [5, 5.41) is 0. The topological polar surface area (TPSA) is 52.6 Å². The summed E-state index contributed by atoms with van der Waals surface area (Å²) in [4.78, 5) is 24.8. The van der Waals surface area contributed by atoms with E-state index in [9.17, 15) is 9.59 Å². The van der Waals surface area contributed by atoms with Gasteiger partial charge in [0.1, 0.15) is 0 Å². The van der Waals surface area contributed by atoms with Crippen LogP contribution < -0.4 is 0 Å². The van der Waals surface area contributed by atoms with Gasteiger partial charge in [0.2, 0.25) is 0 Å².